The standard InChI is InChI=1S/C26H42N4O4.C7H8O3S/c1-6-20(7-2)17-30(26(33)19(5)27)28-24(31)23(16-18(3)4)22(25(32)29-34)15-11-14-21-12-9-8-10-13-21;1-6-2-4-7(5-3-6)11(8,9)10/h8-14,18-20,22-23,34H,6-7,15-17,27H2,1-5H3,(H,28,31)(H,29,32);2-5H,1H3,(H,8,9,10)/t19-,22+,23-;/m1./s1. The van der Waals surface area contributed by atoms with E-state index in [0.717, 1.165) is 24.0 Å². The van der Waals surface area contributed by atoms with Crippen LogP contribution in [0, 0.1) is 30.6 Å². The molecular formula is C33H50N4O7S. The molecule has 0 aromatic heterocycles. The number of aryl methyl sites for hydroxylation is 1. The summed E-state index contributed by atoms with van der Waals surface area (Å²) in [6.07, 6.45) is 6.06. The van der Waals surface area contributed by atoms with E-state index in [2.05, 4.69) is 5.43 Å². The van der Waals surface area contributed by atoms with Crippen LogP contribution in [0.25, 0.3) is 6.08 Å². The van der Waals surface area contributed by atoms with Crippen molar-refractivity contribution < 1.29 is 32.6 Å². The van der Waals surface area contributed by atoms with Gasteiger partial charge in [0.1, 0.15) is 0 Å². The van der Waals surface area contributed by atoms with Crippen LogP contribution in [0.4, 0.5) is 0 Å². The molecule has 0 saturated carbocycles. The maximum atomic E-state index is 13.4. The molecule has 2 aromatic rings. The highest BCUT2D eigenvalue weighted by Crippen LogP contribution is 2.26. The van der Waals surface area contributed by atoms with E-state index in [0.29, 0.717) is 13.0 Å². The van der Waals surface area contributed by atoms with Crippen molar-refractivity contribution >= 4 is 33.9 Å². The predicted molar refractivity (Wildman–Crippen MR) is 175 cm³/mol. The minimum Gasteiger partial charge on any atom is -0.320 e. The van der Waals surface area contributed by atoms with E-state index in [1.807, 2.05) is 77.1 Å². The van der Waals surface area contributed by atoms with Crippen molar-refractivity contribution in [3.63, 3.8) is 0 Å². The van der Waals surface area contributed by atoms with E-state index >= 15 is 0 Å². The molecule has 0 bridgehead atoms. The largest absolute Gasteiger partial charge is 0.320 e. The summed E-state index contributed by atoms with van der Waals surface area (Å²) < 4.78 is 29.6. The molecule has 45 heavy (non-hydrogen) atoms. The van der Waals surface area contributed by atoms with Gasteiger partial charge < -0.3 is 5.73 Å². The van der Waals surface area contributed by atoms with Gasteiger partial charge in [0.05, 0.1) is 22.8 Å². The van der Waals surface area contributed by atoms with Crippen molar-refractivity contribution in [1.82, 2.24) is 15.9 Å². The topological polar surface area (TPSA) is 179 Å². The molecule has 0 unspecified atom stereocenters. The molecule has 0 saturated heterocycles. The Labute approximate surface area is 267 Å². The summed E-state index contributed by atoms with van der Waals surface area (Å²) in [7, 11) is -4.02. The number of carbonyl (C=O) groups is 3. The molecule has 0 aliphatic carbocycles. The lowest BCUT2D eigenvalue weighted by Crippen LogP contribution is -2.55. The van der Waals surface area contributed by atoms with Gasteiger partial charge in [0.15, 0.2) is 0 Å². The molecule has 11 nitrogen and oxygen atoms in total. The number of hydrogen-bond donors (Lipinski definition) is 5. The second-order valence-corrected chi connectivity index (χ2v) is 13.0. The number of carbonyl (C=O) groups excluding carboxylic acids is 3. The Morgan fingerprint density at radius 2 is 1.51 bits per heavy atom. The second kappa shape index (κ2) is 19.7. The molecule has 3 atom stereocenters. The third kappa shape index (κ3) is 14.4. The highest BCUT2D eigenvalue weighted by atomic mass is 32.2. The van der Waals surface area contributed by atoms with Crippen molar-refractivity contribution in [3.8, 4) is 0 Å². The molecular weight excluding hydrogens is 596 g/mol. The zero-order valence-corrected chi connectivity index (χ0v) is 28.0. The van der Waals surface area contributed by atoms with Gasteiger partial charge in [-0.15, -0.1) is 0 Å². The summed E-state index contributed by atoms with van der Waals surface area (Å²) >= 11 is 0. The Morgan fingerprint density at radius 1 is 0.933 bits per heavy atom. The maximum Gasteiger partial charge on any atom is 0.294 e. The highest BCUT2D eigenvalue weighted by molar-refractivity contribution is 7.85. The molecule has 250 valence electrons. The lowest BCUT2D eigenvalue weighted by Gasteiger charge is -2.32. The molecule has 0 heterocycles. The number of nitrogens with zero attached hydrogens (tertiary/aromatic N) is 1. The van der Waals surface area contributed by atoms with E-state index in [1.54, 1.807) is 24.5 Å². The summed E-state index contributed by atoms with van der Waals surface area (Å²) in [5.74, 6) is -2.70. The minimum atomic E-state index is -4.02. The fourth-order valence-corrected chi connectivity index (χ4v) is 5.06. The van der Waals surface area contributed by atoms with Gasteiger partial charge in [0.25, 0.3) is 16.0 Å². The van der Waals surface area contributed by atoms with Gasteiger partial charge in [0, 0.05) is 6.54 Å². The van der Waals surface area contributed by atoms with E-state index in [1.165, 1.54) is 17.1 Å². The average Bonchev–Trinajstić information content (AvgIpc) is 3.00. The predicted octanol–water partition coefficient (Wildman–Crippen LogP) is 4.76. The Kier molecular flexibility index (Phi) is 17.3. The normalized spacial score (nSPS) is 13.5. The second-order valence-electron chi connectivity index (χ2n) is 11.6. The van der Waals surface area contributed by atoms with Crippen LogP contribution in [0.15, 0.2) is 65.6 Å². The Balaban J connectivity index is 0.000000768. The molecule has 2 rings (SSSR count). The summed E-state index contributed by atoms with van der Waals surface area (Å²) in [4.78, 5) is 38.7. The van der Waals surface area contributed by atoms with Gasteiger partial charge in [-0.05, 0) is 56.2 Å². The maximum absolute atomic E-state index is 13.4. The summed E-state index contributed by atoms with van der Waals surface area (Å²) in [6.45, 7) is 11.8. The number of hydrazine groups is 1. The van der Waals surface area contributed by atoms with Crippen molar-refractivity contribution in [3.05, 3.63) is 71.8 Å². The van der Waals surface area contributed by atoms with Crippen LogP contribution in [0.5, 0.6) is 0 Å². The molecule has 0 aliphatic rings. The van der Waals surface area contributed by atoms with E-state index in [9.17, 15) is 28.0 Å². The van der Waals surface area contributed by atoms with Crippen LogP contribution >= 0.6 is 0 Å². The summed E-state index contributed by atoms with van der Waals surface area (Å²) in [5.41, 5.74) is 12.2. The van der Waals surface area contributed by atoms with Gasteiger partial charge >= 0.3 is 0 Å². The van der Waals surface area contributed by atoms with Crippen molar-refractivity contribution in [2.75, 3.05) is 6.54 Å². The summed E-state index contributed by atoms with van der Waals surface area (Å²) in [6, 6.07) is 14.8. The molecule has 12 heteroatoms. The SMILES string of the molecule is CCC(CC)CN(NC(=O)[C@H](CC(C)C)[C@H](CC=Cc1ccccc1)C(=O)NO)C(=O)[C@@H](C)N.Cc1ccc(S(=O)(=O)O)cc1. The molecule has 6 N–H and O–H groups in total. The van der Waals surface area contributed by atoms with Crippen molar-refractivity contribution in [2.24, 2.45) is 29.4 Å². The van der Waals surface area contributed by atoms with E-state index in [-0.39, 0.29) is 29.1 Å². The average molecular weight is 647 g/mol. The Morgan fingerprint density at radius 3 is 1.98 bits per heavy atom. The molecule has 3 amide bonds. The number of hydrogen-bond acceptors (Lipinski definition) is 7. The van der Waals surface area contributed by atoms with Crippen LogP contribution in [-0.4, -0.2) is 53.5 Å². The third-order valence-electron chi connectivity index (χ3n) is 7.31. The molecule has 0 aliphatic heterocycles. The van der Waals surface area contributed by atoms with Crippen LogP contribution in [0.3, 0.4) is 0 Å². The molecule has 0 radical (unpaired) electrons. The Hall–Kier alpha value is -3.58. The number of rotatable bonds is 14. The van der Waals surface area contributed by atoms with Crippen LogP contribution < -0.4 is 16.6 Å². The van der Waals surface area contributed by atoms with Crippen LogP contribution in [0.2, 0.25) is 0 Å². The Bertz CT molecular complexity index is 1330. The van der Waals surface area contributed by atoms with Gasteiger partial charge in [-0.3, -0.25) is 34.6 Å². The van der Waals surface area contributed by atoms with Crippen LogP contribution in [-0.2, 0) is 24.5 Å². The number of benzene rings is 2. The first-order chi connectivity index (χ1) is 21.1. The zero-order valence-electron chi connectivity index (χ0n) is 27.1. The molecule has 0 spiro atoms. The van der Waals surface area contributed by atoms with Crippen molar-refractivity contribution in [1.29, 1.82) is 0 Å². The lowest BCUT2D eigenvalue weighted by molar-refractivity contribution is -0.148. The third-order valence-corrected chi connectivity index (χ3v) is 8.18. The van der Waals surface area contributed by atoms with Crippen molar-refractivity contribution in [2.45, 2.75) is 78.2 Å². The van der Waals surface area contributed by atoms with Crippen LogP contribution in [0.1, 0.15) is 71.4 Å². The van der Waals surface area contributed by atoms with E-state index in [4.69, 9.17) is 10.3 Å². The van der Waals surface area contributed by atoms with E-state index < -0.39 is 39.8 Å². The lowest BCUT2D eigenvalue weighted by atomic mass is 9.82. The van der Waals surface area contributed by atoms with Gasteiger partial charge in [0.2, 0.25) is 11.8 Å². The first kappa shape index (κ1) is 39.4. The van der Waals surface area contributed by atoms with Gasteiger partial charge in [-0.1, -0.05) is 101 Å². The number of amides is 3. The number of nitrogens with one attached hydrogen (secondary N) is 2. The molecule has 0 fully saturated rings. The molecule has 2 aromatic carbocycles. The highest BCUT2D eigenvalue weighted by Gasteiger charge is 2.35. The zero-order chi connectivity index (χ0) is 34.2. The fraction of sp³-hybridized carbons (Fsp3) is 0.485. The number of hydroxylamine groups is 1. The van der Waals surface area contributed by atoms with Gasteiger partial charge in [-0.2, -0.15) is 8.42 Å². The summed E-state index contributed by atoms with van der Waals surface area (Å²) in [5, 5.41) is 10.7. The monoisotopic (exact) mass is 646 g/mol. The number of nitrogens with two attached hydrogens (primary N) is 1. The first-order valence-corrected chi connectivity index (χ1v) is 16.7. The van der Waals surface area contributed by atoms with Gasteiger partial charge in [-0.25, -0.2) is 5.48 Å². The minimum absolute atomic E-state index is 0.0666. The smallest absolute Gasteiger partial charge is 0.294 e. The number of allylic oxidation sites excluding steroid dienone is 1. The quantitative estimate of drug-likeness (QED) is 0.111. The first-order valence-electron chi connectivity index (χ1n) is 15.2. The fourth-order valence-electron chi connectivity index (χ4n) is 4.58.